The molecule has 0 radical (unpaired) electrons. The van der Waals surface area contributed by atoms with Crippen LogP contribution in [-0.2, 0) is 20.9 Å². The summed E-state index contributed by atoms with van der Waals surface area (Å²) in [5.74, 6) is -1.89. The lowest BCUT2D eigenvalue weighted by Crippen LogP contribution is -2.51. The van der Waals surface area contributed by atoms with Gasteiger partial charge in [-0.3, -0.25) is 4.79 Å². The van der Waals surface area contributed by atoms with Crippen LogP contribution in [0.2, 0.25) is 5.02 Å². The Morgan fingerprint density at radius 1 is 0.881 bits per heavy atom. The Kier molecular flexibility index (Phi) is 8.85. The standard InChI is InChI=1S/C33H29ClN2O6/c1-20(41-18-21-9-3-2-4-10-21)30(31(37)35-29-16-15-22(32(38)39)17-28(29)34)36-33(40)42-19-27-25-13-7-5-11-23(25)24-12-6-8-14-26(24)27/h2-17,20,27,30H,18-19H2,1H3,(H,35,37)(H,36,40)(H,38,39)/t20-,30+/m0/s1. The number of rotatable bonds is 10. The van der Waals surface area contributed by atoms with E-state index in [1.165, 1.54) is 18.2 Å². The summed E-state index contributed by atoms with van der Waals surface area (Å²) in [5, 5.41) is 14.6. The van der Waals surface area contributed by atoms with Gasteiger partial charge in [0.2, 0.25) is 5.91 Å². The summed E-state index contributed by atoms with van der Waals surface area (Å²) in [4.78, 5) is 37.8. The van der Waals surface area contributed by atoms with Gasteiger partial charge < -0.3 is 25.2 Å². The van der Waals surface area contributed by atoms with Gasteiger partial charge in [0.1, 0.15) is 12.6 Å². The summed E-state index contributed by atoms with van der Waals surface area (Å²) in [5.41, 5.74) is 5.42. The first-order valence-electron chi connectivity index (χ1n) is 13.4. The van der Waals surface area contributed by atoms with Crippen LogP contribution >= 0.6 is 11.6 Å². The summed E-state index contributed by atoms with van der Waals surface area (Å²) in [6.07, 6.45) is -1.54. The van der Waals surface area contributed by atoms with Crippen molar-refractivity contribution in [2.24, 2.45) is 0 Å². The van der Waals surface area contributed by atoms with E-state index in [0.717, 1.165) is 27.8 Å². The van der Waals surface area contributed by atoms with Gasteiger partial charge in [-0.2, -0.15) is 0 Å². The number of halogens is 1. The van der Waals surface area contributed by atoms with E-state index >= 15 is 0 Å². The molecule has 0 heterocycles. The van der Waals surface area contributed by atoms with Gasteiger partial charge in [0.15, 0.2) is 0 Å². The lowest BCUT2D eigenvalue weighted by atomic mass is 9.98. The van der Waals surface area contributed by atoms with E-state index in [-0.39, 0.29) is 35.4 Å². The number of nitrogens with one attached hydrogen (secondary N) is 2. The first-order valence-corrected chi connectivity index (χ1v) is 13.8. The highest BCUT2D eigenvalue weighted by Crippen LogP contribution is 2.44. The normalized spacial score (nSPS) is 13.4. The van der Waals surface area contributed by atoms with Crippen LogP contribution in [0.1, 0.15) is 39.9 Å². The van der Waals surface area contributed by atoms with Crippen LogP contribution < -0.4 is 10.6 Å². The zero-order valence-corrected chi connectivity index (χ0v) is 23.5. The number of amides is 2. The van der Waals surface area contributed by atoms with Gasteiger partial charge >= 0.3 is 12.1 Å². The van der Waals surface area contributed by atoms with Crippen LogP contribution in [0, 0.1) is 0 Å². The maximum absolute atomic E-state index is 13.4. The molecule has 0 bridgehead atoms. The molecule has 4 aromatic rings. The molecule has 0 saturated carbocycles. The molecule has 4 aromatic carbocycles. The lowest BCUT2D eigenvalue weighted by Gasteiger charge is -2.25. The predicted molar refractivity (Wildman–Crippen MR) is 160 cm³/mol. The third-order valence-electron chi connectivity index (χ3n) is 7.20. The fourth-order valence-electron chi connectivity index (χ4n) is 5.02. The number of carbonyl (C=O) groups excluding carboxylic acids is 2. The molecule has 0 unspecified atom stereocenters. The summed E-state index contributed by atoms with van der Waals surface area (Å²) in [6.45, 7) is 1.97. The number of alkyl carbamates (subject to hydrolysis) is 1. The van der Waals surface area contributed by atoms with Crippen LogP contribution in [-0.4, -0.2) is 41.8 Å². The minimum absolute atomic E-state index is 0.0223. The molecule has 3 N–H and O–H groups in total. The number of aromatic carboxylic acids is 1. The van der Waals surface area contributed by atoms with Crippen molar-refractivity contribution in [3.63, 3.8) is 0 Å². The fraction of sp³-hybridized carbons (Fsp3) is 0.182. The van der Waals surface area contributed by atoms with Gasteiger partial charge in [-0.1, -0.05) is 90.5 Å². The maximum atomic E-state index is 13.4. The molecule has 8 nitrogen and oxygen atoms in total. The van der Waals surface area contributed by atoms with Gasteiger partial charge in [0.25, 0.3) is 0 Å². The number of fused-ring (bicyclic) bond motifs is 3. The van der Waals surface area contributed by atoms with Gasteiger partial charge in [0.05, 0.1) is 29.0 Å². The van der Waals surface area contributed by atoms with Crippen molar-refractivity contribution in [2.75, 3.05) is 11.9 Å². The topological polar surface area (TPSA) is 114 Å². The number of hydrogen-bond acceptors (Lipinski definition) is 5. The zero-order valence-electron chi connectivity index (χ0n) is 22.8. The van der Waals surface area contributed by atoms with Gasteiger partial charge in [0, 0.05) is 5.92 Å². The third-order valence-corrected chi connectivity index (χ3v) is 7.51. The Morgan fingerprint density at radius 3 is 2.12 bits per heavy atom. The van der Waals surface area contributed by atoms with Crippen LogP contribution in [0.5, 0.6) is 0 Å². The van der Waals surface area contributed by atoms with E-state index in [0.29, 0.717) is 0 Å². The number of anilines is 1. The number of carboxylic acid groups (broad SMARTS) is 1. The number of ether oxygens (including phenoxy) is 2. The molecule has 2 amide bonds. The molecular weight excluding hydrogens is 556 g/mol. The SMILES string of the molecule is C[C@H](OCc1ccccc1)[C@@H](NC(=O)OCC1c2ccccc2-c2ccccc21)C(=O)Nc1ccc(C(=O)O)cc1Cl. The molecule has 0 aliphatic heterocycles. The van der Waals surface area contributed by atoms with E-state index < -0.39 is 30.1 Å². The van der Waals surface area contributed by atoms with Crippen LogP contribution in [0.3, 0.4) is 0 Å². The molecule has 1 aliphatic carbocycles. The second-order valence-electron chi connectivity index (χ2n) is 9.94. The lowest BCUT2D eigenvalue weighted by molar-refractivity contribution is -0.121. The number of hydrogen-bond donors (Lipinski definition) is 3. The van der Waals surface area contributed by atoms with E-state index in [1.54, 1.807) is 6.92 Å². The monoisotopic (exact) mass is 584 g/mol. The molecule has 214 valence electrons. The first-order chi connectivity index (χ1) is 20.3. The molecule has 0 fully saturated rings. The molecular formula is C33H29ClN2O6. The van der Waals surface area contributed by atoms with Crippen molar-refractivity contribution in [2.45, 2.75) is 31.6 Å². The second kappa shape index (κ2) is 12.9. The molecule has 0 spiro atoms. The van der Waals surface area contributed by atoms with E-state index in [1.807, 2.05) is 66.7 Å². The molecule has 2 atom stereocenters. The first kappa shape index (κ1) is 28.9. The van der Waals surface area contributed by atoms with Crippen molar-refractivity contribution in [3.8, 4) is 11.1 Å². The summed E-state index contributed by atoms with van der Waals surface area (Å²) < 4.78 is 11.6. The average Bonchev–Trinajstić information content (AvgIpc) is 3.32. The highest BCUT2D eigenvalue weighted by molar-refractivity contribution is 6.34. The Bertz CT molecular complexity index is 1560. The molecule has 9 heteroatoms. The molecule has 0 aromatic heterocycles. The summed E-state index contributed by atoms with van der Waals surface area (Å²) in [7, 11) is 0. The van der Waals surface area contributed by atoms with E-state index in [4.69, 9.17) is 21.1 Å². The Balaban J connectivity index is 1.30. The largest absolute Gasteiger partial charge is 0.478 e. The summed E-state index contributed by atoms with van der Waals surface area (Å²) >= 11 is 6.23. The van der Waals surface area contributed by atoms with Gasteiger partial charge in [-0.25, -0.2) is 9.59 Å². The van der Waals surface area contributed by atoms with Crippen molar-refractivity contribution >= 4 is 35.3 Å². The number of carbonyl (C=O) groups is 3. The third kappa shape index (κ3) is 6.46. The van der Waals surface area contributed by atoms with Crippen LogP contribution in [0.4, 0.5) is 10.5 Å². The van der Waals surface area contributed by atoms with Crippen LogP contribution in [0.15, 0.2) is 97.1 Å². The van der Waals surface area contributed by atoms with Gasteiger partial charge in [-0.15, -0.1) is 0 Å². The quantitative estimate of drug-likeness (QED) is 0.196. The fourth-order valence-corrected chi connectivity index (χ4v) is 5.25. The van der Waals surface area contributed by atoms with Crippen LogP contribution in [0.25, 0.3) is 11.1 Å². The molecule has 5 rings (SSSR count). The van der Waals surface area contributed by atoms with E-state index in [2.05, 4.69) is 22.8 Å². The number of benzene rings is 4. The Morgan fingerprint density at radius 2 is 1.50 bits per heavy atom. The van der Waals surface area contributed by atoms with Crippen molar-refractivity contribution in [1.82, 2.24) is 5.32 Å². The maximum Gasteiger partial charge on any atom is 0.407 e. The van der Waals surface area contributed by atoms with Crippen molar-refractivity contribution in [1.29, 1.82) is 0 Å². The smallest absolute Gasteiger partial charge is 0.407 e. The Hall–Kier alpha value is -4.66. The highest BCUT2D eigenvalue weighted by Gasteiger charge is 2.32. The van der Waals surface area contributed by atoms with Crippen molar-refractivity contribution in [3.05, 3.63) is 124 Å². The minimum atomic E-state index is -1.15. The number of carboxylic acids is 1. The minimum Gasteiger partial charge on any atom is -0.478 e. The second-order valence-corrected chi connectivity index (χ2v) is 10.3. The molecule has 0 saturated heterocycles. The molecule has 42 heavy (non-hydrogen) atoms. The van der Waals surface area contributed by atoms with Gasteiger partial charge in [-0.05, 0) is 52.9 Å². The molecule has 1 aliphatic rings. The highest BCUT2D eigenvalue weighted by atomic mass is 35.5. The average molecular weight is 585 g/mol. The predicted octanol–water partition coefficient (Wildman–Crippen LogP) is 6.49. The zero-order chi connectivity index (χ0) is 29.6. The Labute approximate surface area is 248 Å². The summed E-state index contributed by atoms with van der Waals surface area (Å²) in [6, 6.07) is 28.3. The van der Waals surface area contributed by atoms with Crippen molar-refractivity contribution < 1.29 is 29.0 Å². The van der Waals surface area contributed by atoms with E-state index in [9.17, 15) is 19.5 Å².